The zero-order chi connectivity index (χ0) is 22.5. The van der Waals surface area contributed by atoms with Crippen LogP contribution in [0, 0.1) is 10.8 Å². The summed E-state index contributed by atoms with van der Waals surface area (Å²) >= 11 is 1.90. The minimum absolute atomic E-state index is 0.154. The van der Waals surface area contributed by atoms with Crippen LogP contribution < -0.4 is 5.32 Å². The first kappa shape index (κ1) is 23.3. The maximum absolute atomic E-state index is 3.72. The summed E-state index contributed by atoms with van der Waals surface area (Å²) in [5.41, 5.74) is 6.25. The van der Waals surface area contributed by atoms with Gasteiger partial charge >= 0.3 is 0 Å². The fraction of sp³-hybridized carbons (Fsp3) is 0.571. The Kier molecular flexibility index (Phi) is 5.91. The van der Waals surface area contributed by atoms with Gasteiger partial charge < -0.3 is 5.32 Å². The fourth-order valence-corrected chi connectivity index (χ4v) is 6.40. The summed E-state index contributed by atoms with van der Waals surface area (Å²) in [5, 5.41) is 3.72. The normalized spacial score (nSPS) is 14.7. The van der Waals surface area contributed by atoms with Gasteiger partial charge in [0.1, 0.15) is 0 Å². The van der Waals surface area contributed by atoms with Crippen molar-refractivity contribution in [1.82, 2.24) is 0 Å². The summed E-state index contributed by atoms with van der Waals surface area (Å²) in [7, 11) is 0. The first-order valence-corrected chi connectivity index (χ1v) is 12.1. The molecule has 1 N–H and O–H groups in total. The lowest BCUT2D eigenvalue weighted by atomic mass is 9.72. The van der Waals surface area contributed by atoms with Crippen LogP contribution in [0.15, 0.2) is 46.2 Å². The average Bonchev–Trinajstić information content (AvgIpc) is 2.54. The third kappa shape index (κ3) is 5.44. The Labute approximate surface area is 189 Å². The van der Waals surface area contributed by atoms with Gasteiger partial charge in [0.25, 0.3) is 0 Å². The zero-order valence-corrected chi connectivity index (χ0v) is 21.6. The highest BCUT2D eigenvalue weighted by atomic mass is 32.2. The SMILES string of the molecule is CC(C)(C)CC(C)(C)c1ccc2c(c1)Nc1ccc(C(C)(C)CC(C)(C)C)cc1S2. The minimum atomic E-state index is 0.154. The van der Waals surface area contributed by atoms with Crippen molar-refractivity contribution < 1.29 is 0 Å². The number of anilines is 2. The zero-order valence-electron chi connectivity index (χ0n) is 20.8. The number of fused-ring (bicyclic) bond motifs is 2. The Bertz CT molecular complexity index is 845. The molecule has 30 heavy (non-hydrogen) atoms. The highest BCUT2D eigenvalue weighted by Crippen LogP contribution is 2.48. The number of rotatable bonds is 4. The Morgan fingerprint density at radius 1 is 0.600 bits per heavy atom. The quantitative estimate of drug-likeness (QED) is 0.448. The van der Waals surface area contributed by atoms with E-state index in [0.29, 0.717) is 10.8 Å². The van der Waals surface area contributed by atoms with Gasteiger partial charge in [-0.1, -0.05) is 93.1 Å². The average molecular weight is 424 g/mol. The van der Waals surface area contributed by atoms with E-state index < -0.39 is 0 Å². The molecule has 1 heterocycles. The molecule has 0 bridgehead atoms. The molecule has 2 heteroatoms. The summed E-state index contributed by atoms with van der Waals surface area (Å²) < 4.78 is 0. The van der Waals surface area contributed by atoms with Crippen molar-refractivity contribution in [3.05, 3.63) is 47.5 Å². The molecule has 0 amide bonds. The van der Waals surface area contributed by atoms with Crippen molar-refractivity contribution in [2.24, 2.45) is 10.8 Å². The third-order valence-corrected chi connectivity index (χ3v) is 7.09. The van der Waals surface area contributed by atoms with E-state index in [1.807, 2.05) is 11.8 Å². The number of nitrogens with one attached hydrogen (secondary N) is 1. The van der Waals surface area contributed by atoms with Crippen molar-refractivity contribution in [2.45, 2.75) is 103 Å². The molecule has 2 aromatic rings. The summed E-state index contributed by atoms with van der Waals surface area (Å²) in [6.45, 7) is 23.5. The van der Waals surface area contributed by atoms with Gasteiger partial charge in [0, 0.05) is 9.79 Å². The predicted molar refractivity (Wildman–Crippen MR) is 134 cm³/mol. The fourth-order valence-electron chi connectivity index (χ4n) is 5.39. The van der Waals surface area contributed by atoms with Gasteiger partial charge in [-0.2, -0.15) is 0 Å². The van der Waals surface area contributed by atoms with Gasteiger partial charge in [0.2, 0.25) is 0 Å². The molecule has 3 rings (SSSR count). The van der Waals surface area contributed by atoms with Crippen molar-refractivity contribution in [3.63, 3.8) is 0 Å². The minimum Gasteiger partial charge on any atom is -0.354 e. The molecule has 0 fully saturated rings. The van der Waals surface area contributed by atoms with Crippen molar-refractivity contribution >= 4 is 23.1 Å². The second-order valence-corrected chi connectivity index (χ2v) is 14.0. The van der Waals surface area contributed by atoms with Crippen LogP contribution in [-0.2, 0) is 10.8 Å². The molecule has 1 aliphatic rings. The first-order valence-electron chi connectivity index (χ1n) is 11.3. The summed E-state index contributed by atoms with van der Waals surface area (Å²) in [6.07, 6.45) is 2.33. The molecule has 2 aromatic carbocycles. The first-order chi connectivity index (χ1) is 13.6. The molecule has 0 saturated heterocycles. The highest BCUT2D eigenvalue weighted by molar-refractivity contribution is 7.99. The Hall–Kier alpha value is -1.41. The van der Waals surface area contributed by atoms with E-state index in [9.17, 15) is 0 Å². The van der Waals surface area contributed by atoms with Gasteiger partial charge in [-0.3, -0.25) is 0 Å². The van der Waals surface area contributed by atoms with E-state index in [1.54, 1.807) is 0 Å². The number of hydrogen-bond acceptors (Lipinski definition) is 2. The topological polar surface area (TPSA) is 12.0 Å². The van der Waals surface area contributed by atoms with Crippen LogP contribution in [0.25, 0.3) is 0 Å². The lowest BCUT2D eigenvalue weighted by Crippen LogP contribution is -2.25. The molecule has 0 radical (unpaired) electrons. The van der Waals surface area contributed by atoms with Gasteiger partial charge in [-0.05, 0) is 69.9 Å². The van der Waals surface area contributed by atoms with Crippen LogP contribution in [0.4, 0.5) is 11.4 Å². The van der Waals surface area contributed by atoms with Crippen molar-refractivity contribution in [3.8, 4) is 0 Å². The summed E-state index contributed by atoms with van der Waals surface area (Å²) in [4.78, 5) is 2.66. The smallest absolute Gasteiger partial charge is 0.0529 e. The second kappa shape index (κ2) is 7.62. The molecule has 0 saturated carbocycles. The Morgan fingerprint density at radius 2 is 1.10 bits per heavy atom. The standard InChI is InChI=1S/C28H41NS/c1-25(2,3)17-27(7,8)19-12-14-23-22(15-19)29-21-13-11-20(16-24(21)30-23)28(9,10)18-26(4,5)6/h11-16,29H,17-18H2,1-10H3. The molecular weight excluding hydrogens is 382 g/mol. The largest absolute Gasteiger partial charge is 0.354 e. The van der Waals surface area contributed by atoms with Gasteiger partial charge in [-0.15, -0.1) is 0 Å². The predicted octanol–water partition coefficient (Wildman–Crippen LogP) is 9.32. The van der Waals surface area contributed by atoms with Crippen LogP contribution in [0.2, 0.25) is 0 Å². The van der Waals surface area contributed by atoms with E-state index >= 15 is 0 Å². The van der Waals surface area contributed by atoms with E-state index in [-0.39, 0.29) is 10.8 Å². The molecule has 0 spiro atoms. The van der Waals surface area contributed by atoms with Gasteiger partial charge in [0.15, 0.2) is 0 Å². The van der Waals surface area contributed by atoms with Crippen LogP contribution in [0.3, 0.4) is 0 Å². The summed E-state index contributed by atoms with van der Waals surface area (Å²) in [6, 6.07) is 14.0. The third-order valence-electron chi connectivity index (χ3n) is 5.96. The molecule has 0 aromatic heterocycles. The van der Waals surface area contributed by atoms with Crippen LogP contribution in [-0.4, -0.2) is 0 Å². The molecular formula is C28H41NS. The van der Waals surface area contributed by atoms with E-state index in [4.69, 9.17) is 0 Å². The second-order valence-electron chi connectivity index (χ2n) is 12.9. The number of hydrogen-bond donors (Lipinski definition) is 1. The Balaban J connectivity index is 1.88. The molecule has 0 aliphatic carbocycles. The summed E-state index contributed by atoms with van der Waals surface area (Å²) in [5.74, 6) is 0. The lowest BCUT2D eigenvalue weighted by Gasteiger charge is -2.35. The monoisotopic (exact) mass is 423 g/mol. The van der Waals surface area contributed by atoms with Crippen LogP contribution in [0.1, 0.15) is 93.2 Å². The maximum Gasteiger partial charge on any atom is 0.0529 e. The van der Waals surface area contributed by atoms with Gasteiger partial charge in [0.05, 0.1) is 11.4 Å². The molecule has 1 aliphatic heterocycles. The van der Waals surface area contributed by atoms with Crippen molar-refractivity contribution in [1.29, 1.82) is 0 Å². The molecule has 164 valence electrons. The lowest BCUT2D eigenvalue weighted by molar-refractivity contribution is 0.283. The molecule has 0 unspecified atom stereocenters. The highest BCUT2D eigenvalue weighted by Gasteiger charge is 2.30. The molecule has 1 nitrogen and oxygen atoms in total. The van der Waals surface area contributed by atoms with Crippen LogP contribution in [0.5, 0.6) is 0 Å². The van der Waals surface area contributed by atoms with Crippen molar-refractivity contribution in [2.75, 3.05) is 5.32 Å². The van der Waals surface area contributed by atoms with E-state index in [2.05, 4.69) is 111 Å². The van der Waals surface area contributed by atoms with E-state index in [1.165, 1.54) is 38.7 Å². The van der Waals surface area contributed by atoms with Crippen LogP contribution >= 0.6 is 11.8 Å². The number of benzene rings is 2. The Morgan fingerprint density at radius 3 is 1.63 bits per heavy atom. The molecule has 0 atom stereocenters. The van der Waals surface area contributed by atoms with E-state index in [0.717, 1.165) is 6.42 Å². The van der Waals surface area contributed by atoms with Gasteiger partial charge in [-0.25, -0.2) is 0 Å². The maximum atomic E-state index is 3.72.